The van der Waals surface area contributed by atoms with E-state index in [1.807, 2.05) is 0 Å². The summed E-state index contributed by atoms with van der Waals surface area (Å²) in [6.07, 6.45) is 2.72. The Kier molecular flexibility index (Phi) is 3.88. The number of aromatic nitrogens is 1. The number of nitrogens with zero attached hydrogens (tertiary/aromatic N) is 1. The van der Waals surface area contributed by atoms with Crippen LogP contribution in [0.5, 0.6) is 0 Å². The van der Waals surface area contributed by atoms with Gasteiger partial charge in [0.25, 0.3) is 11.8 Å². The highest BCUT2D eigenvalue weighted by atomic mass is 16.2. The van der Waals surface area contributed by atoms with Crippen LogP contribution in [0.2, 0.25) is 0 Å². The van der Waals surface area contributed by atoms with E-state index in [-0.39, 0.29) is 17.3 Å². The Morgan fingerprint density at radius 3 is 2.50 bits per heavy atom. The predicted octanol–water partition coefficient (Wildman–Crippen LogP) is -0.836. The zero-order valence-corrected chi connectivity index (χ0v) is 9.84. The second kappa shape index (κ2) is 5.17. The molecule has 0 radical (unpaired) electrons. The molecule has 0 bridgehead atoms. The van der Waals surface area contributed by atoms with Crippen LogP contribution in [-0.2, 0) is 0 Å². The minimum absolute atomic E-state index is 0.0706. The molecule has 18 heavy (non-hydrogen) atoms. The quantitative estimate of drug-likeness (QED) is 0.590. The van der Waals surface area contributed by atoms with Gasteiger partial charge in [-0.1, -0.05) is 6.08 Å². The smallest absolute Gasteiger partial charge is 0.267 e. The van der Waals surface area contributed by atoms with E-state index in [4.69, 9.17) is 11.5 Å². The molecule has 0 aliphatic heterocycles. The molecule has 2 amide bonds. The fourth-order valence-electron chi connectivity index (χ4n) is 1.29. The van der Waals surface area contributed by atoms with Gasteiger partial charge in [0.05, 0.1) is 6.04 Å². The fraction of sp³-hybridized carbons (Fsp3) is 0.182. The van der Waals surface area contributed by atoms with Crippen LogP contribution in [0.15, 0.2) is 29.7 Å². The van der Waals surface area contributed by atoms with Gasteiger partial charge < -0.3 is 16.9 Å². The van der Waals surface area contributed by atoms with Crippen LogP contribution >= 0.6 is 0 Å². The first-order valence-electron chi connectivity index (χ1n) is 5.12. The van der Waals surface area contributed by atoms with Crippen LogP contribution in [-0.4, -0.2) is 22.5 Å². The Morgan fingerprint density at radius 1 is 1.44 bits per heavy atom. The third kappa shape index (κ3) is 2.76. The summed E-state index contributed by atoms with van der Waals surface area (Å²) in [5.74, 6) is -1.68. The molecule has 1 unspecified atom stereocenters. The number of hydrogen-bond donors (Lipinski definition) is 3. The monoisotopic (exact) mass is 250 g/mol. The first kappa shape index (κ1) is 13.5. The third-order valence-corrected chi connectivity index (χ3v) is 2.27. The van der Waals surface area contributed by atoms with E-state index < -0.39 is 17.2 Å². The molecule has 1 atom stereocenters. The Hall–Kier alpha value is -2.57. The molecule has 0 saturated heterocycles. The van der Waals surface area contributed by atoms with Gasteiger partial charge in [-0.3, -0.25) is 19.1 Å². The van der Waals surface area contributed by atoms with Crippen molar-refractivity contribution in [3.63, 3.8) is 0 Å². The summed E-state index contributed by atoms with van der Waals surface area (Å²) in [5, 5.41) is 0. The Morgan fingerprint density at radius 2 is 2.06 bits per heavy atom. The molecule has 1 aromatic heterocycles. The highest BCUT2D eigenvalue weighted by molar-refractivity contribution is 5.95. The fourth-order valence-corrected chi connectivity index (χ4v) is 1.29. The van der Waals surface area contributed by atoms with Crippen LogP contribution in [0.25, 0.3) is 0 Å². The number of carbonyl (C=O) groups is 2. The summed E-state index contributed by atoms with van der Waals surface area (Å²) in [7, 11) is 0. The maximum Gasteiger partial charge on any atom is 0.267 e. The van der Waals surface area contributed by atoms with Crippen molar-refractivity contribution in [2.45, 2.75) is 13.0 Å². The molecule has 0 fully saturated rings. The van der Waals surface area contributed by atoms with Crippen molar-refractivity contribution >= 4 is 11.8 Å². The SMILES string of the molecule is C=CC(C)Nn1cc(C(N)=O)c(=O)cc1C(N)=O. The maximum absolute atomic E-state index is 11.5. The minimum atomic E-state index is -0.877. The normalized spacial score (nSPS) is 11.6. The highest BCUT2D eigenvalue weighted by Gasteiger charge is 2.14. The highest BCUT2D eigenvalue weighted by Crippen LogP contribution is 1.99. The minimum Gasteiger partial charge on any atom is -0.365 e. The van der Waals surface area contributed by atoms with E-state index in [0.29, 0.717) is 0 Å². The molecule has 0 aliphatic rings. The molecular formula is C11H14N4O3. The van der Waals surface area contributed by atoms with Crippen molar-refractivity contribution in [2.75, 3.05) is 5.43 Å². The average molecular weight is 250 g/mol. The number of nitrogens with two attached hydrogens (primary N) is 2. The largest absolute Gasteiger partial charge is 0.365 e. The average Bonchev–Trinajstić information content (AvgIpc) is 2.29. The summed E-state index contributed by atoms with van der Waals surface area (Å²) in [4.78, 5) is 33.8. The van der Waals surface area contributed by atoms with Gasteiger partial charge in [0.1, 0.15) is 11.3 Å². The lowest BCUT2D eigenvalue weighted by molar-refractivity contribution is 0.0980. The number of rotatable bonds is 5. The lowest BCUT2D eigenvalue weighted by atomic mass is 10.2. The number of nitrogens with one attached hydrogen (secondary N) is 1. The van der Waals surface area contributed by atoms with E-state index in [1.165, 1.54) is 4.68 Å². The standard InChI is InChI=1S/C11H14N4O3/c1-3-6(2)14-15-5-7(10(12)17)9(16)4-8(15)11(13)18/h3-6,14H,1H2,2H3,(H2,12,17)(H2,13,18). The molecule has 0 spiro atoms. The van der Waals surface area contributed by atoms with Crippen molar-refractivity contribution in [2.24, 2.45) is 11.5 Å². The van der Waals surface area contributed by atoms with Crippen molar-refractivity contribution < 1.29 is 9.59 Å². The van der Waals surface area contributed by atoms with E-state index >= 15 is 0 Å². The van der Waals surface area contributed by atoms with Crippen LogP contribution in [0.1, 0.15) is 27.8 Å². The van der Waals surface area contributed by atoms with Gasteiger partial charge in [0.15, 0.2) is 5.43 Å². The topological polar surface area (TPSA) is 120 Å². The van der Waals surface area contributed by atoms with Gasteiger partial charge in [0, 0.05) is 12.3 Å². The number of pyridine rings is 1. The van der Waals surface area contributed by atoms with E-state index in [9.17, 15) is 14.4 Å². The Bertz CT molecular complexity index is 562. The second-order valence-electron chi connectivity index (χ2n) is 3.69. The molecule has 1 aromatic rings. The first-order chi connectivity index (χ1) is 8.36. The number of primary amides is 2. The lowest BCUT2D eigenvalue weighted by Crippen LogP contribution is -2.34. The van der Waals surface area contributed by atoms with E-state index in [1.54, 1.807) is 13.0 Å². The van der Waals surface area contributed by atoms with E-state index in [2.05, 4.69) is 12.0 Å². The van der Waals surface area contributed by atoms with E-state index in [0.717, 1.165) is 12.3 Å². The van der Waals surface area contributed by atoms with Gasteiger partial charge in [-0.05, 0) is 6.92 Å². The predicted molar refractivity (Wildman–Crippen MR) is 66.8 cm³/mol. The summed E-state index contributed by atoms with van der Waals surface area (Å²) >= 11 is 0. The summed E-state index contributed by atoms with van der Waals surface area (Å²) in [5.41, 5.74) is 12.1. The first-order valence-corrected chi connectivity index (χ1v) is 5.12. The molecule has 7 heteroatoms. The van der Waals surface area contributed by atoms with Crippen LogP contribution in [0, 0.1) is 0 Å². The van der Waals surface area contributed by atoms with Gasteiger partial charge in [0.2, 0.25) is 0 Å². The second-order valence-corrected chi connectivity index (χ2v) is 3.69. The van der Waals surface area contributed by atoms with Gasteiger partial charge in [-0.2, -0.15) is 0 Å². The number of amides is 2. The van der Waals surface area contributed by atoms with Crippen LogP contribution < -0.4 is 22.3 Å². The van der Waals surface area contributed by atoms with Crippen molar-refractivity contribution in [3.05, 3.63) is 46.4 Å². The number of hydrogen-bond acceptors (Lipinski definition) is 4. The van der Waals surface area contributed by atoms with Gasteiger partial charge >= 0.3 is 0 Å². The molecular weight excluding hydrogens is 236 g/mol. The molecule has 0 saturated carbocycles. The Balaban J connectivity index is 3.39. The van der Waals surface area contributed by atoms with Crippen molar-refractivity contribution in [1.29, 1.82) is 0 Å². The maximum atomic E-state index is 11.5. The van der Waals surface area contributed by atoms with Crippen LogP contribution in [0.3, 0.4) is 0 Å². The molecule has 1 heterocycles. The zero-order valence-electron chi connectivity index (χ0n) is 9.84. The van der Waals surface area contributed by atoms with Gasteiger partial charge in [-0.15, -0.1) is 6.58 Å². The molecule has 0 aromatic carbocycles. The number of carbonyl (C=O) groups excluding carboxylic acids is 2. The molecule has 5 N–H and O–H groups in total. The summed E-state index contributed by atoms with van der Waals surface area (Å²) < 4.78 is 1.19. The van der Waals surface area contributed by atoms with Gasteiger partial charge in [-0.25, -0.2) is 0 Å². The lowest BCUT2D eigenvalue weighted by Gasteiger charge is -2.17. The summed E-state index contributed by atoms with van der Waals surface area (Å²) in [6, 6.07) is 0.761. The van der Waals surface area contributed by atoms with Crippen LogP contribution in [0.4, 0.5) is 0 Å². The molecule has 96 valence electrons. The Labute approximate surface area is 103 Å². The third-order valence-electron chi connectivity index (χ3n) is 2.27. The molecule has 0 aliphatic carbocycles. The molecule has 1 rings (SSSR count). The van der Waals surface area contributed by atoms with Crippen molar-refractivity contribution in [1.82, 2.24) is 4.68 Å². The zero-order chi connectivity index (χ0) is 13.9. The summed E-state index contributed by atoms with van der Waals surface area (Å²) in [6.45, 7) is 5.32. The van der Waals surface area contributed by atoms with Crippen molar-refractivity contribution in [3.8, 4) is 0 Å². The molecule has 7 nitrogen and oxygen atoms in total.